The number of amides is 1. The molecule has 1 aromatic carbocycles. The van der Waals surface area contributed by atoms with E-state index in [9.17, 15) is 22.7 Å². The van der Waals surface area contributed by atoms with Gasteiger partial charge in [-0.2, -0.15) is 4.98 Å². The first kappa shape index (κ1) is 25.3. The van der Waals surface area contributed by atoms with Crippen LogP contribution in [-0.4, -0.2) is 55.0 Å². The normalized spacial score (nSPS) is 12.8. The van der Waals surface area contributed by atoms with Gasteiger partial charge in [-0.15, -0.1) is 0 Å². The number of sulfonamides is 1. The maximum absolute atomic E-state index is 13.4. The molecule has 0 aliphatic carbocycles. The van der Waals surface area contributed by atoms with Gasteiger partial charge in [-0.3, -0.25) is 9.10 Å². The average molecular weight is 591 g/mol. The summed E-state index contributed by atoms with van der Waals surface area (Å²) >= 11 is 2.06. The fourth-order valence-electron chi connectivity index (χ4n) is 3.41. The molecule has 178 valence electrons. The highest BCUT2D eigenvalue weighted by Crippen LogP contribution is 2.36. The SMILES string of the molecule is CS(=O)(=O)N(CCCC(O)CO)c1nc2oc(-c3ccc(F)cc3)c(C(N)=O)c2cc1CI. The summed E-state index contributed by atoms with van der Waals surface area (Å²) in [5.41, 5.74) is 6.63. The third-order valence-electron chi connectivity index (χ3n) is 4.98. The summed E-state index contributed by atoms with van der Waals surface area (Å²) in [4.78, 5) is 16.7. The Balaban J connectivity index is 2.16. The number of nitrogens with zero attached hydrogens (tertiary/aromatic N) is 2. The topological polar surface area (TPSA) is 147 Å². The fraction of sp³-hybridized carbons (Fsp3) is 0.333. The molecule has 12 heteroatoms. The molecule has 3 aromatic rings. The Morgan fingerprint density at radius 1 is 1.33 bits per heavy atom. The zero-order valence-corrected chi connectivity index (χ0v) is 20.6. The minimum Gasteiger partial charge on any atom is -0.437 e. The number of hydrogen-bond donors (Lipinski definition) is 3. The molecule has 3 rings (SSSR count). The molecular formula is C21H23FIN3O6S. The van der Waals surface area contributed by atoms with Gasteiger partial charge in [-0.1, -0.05) is 22.6 Å². The number of carbonyl (C=O) groups is 1. The largest absolute Gasteiger partial charge is 0.437 e. The lowest BCUT2D eigenvalue weighted by atomic mass is 10.0. The van der Waals surface area contributed by atoms with Crippen LogP contribution in [0.4, 0.5) is 10.2 Å². The number of nitrogens with two attached hydrogens (primary N) is 1. The molecule has 4 N–H and O–H groups in total. The second-order valence-electron chi connectivity index (χ2n) is 7.45. The van der Waals surface area contributed by atoms with E-state index in [1.807, 2.05) is 0 Å². The summed E-state index contributed by atoms with van der Waals surface area (Å²) in [6.45, 7) is -0.400. The van der Waals surface area contributed by atoms with Crippen molar-refractivity contribution in [2.75, 3.05) is 23.7 Å². The zero-order chi connectivity index (χ0) is 24.3. The highest BCUT2D eigenvalue weighted by atomic mass is 127. The van der Waals surface area contributed by atoms with Crippen molar-refractivity contribution in [2.24, 2.45) is 5.73 Å². The van der Waals surface area contributed by atoms with E-state index < -0.39 is 34.5 Å². The van der Waals surface area contributed by atoms with Gasteiger partial charge in [-0.25, -0.2) is 12.8 Å². The van der Waals surface area contributed by atoms with Crippen molar-refractivity contribution < 1.29 is 32.2 Å². The number of anilines is 1. The predicted octanol–water partition coefficient (Wildman–Crippen LogP) is 2.57. The van der Waals surface area contributed by atoms with Crippen molar-refractivity contribution in [1.29, 1.82) is 0 Å². The first-order valence-corrected chi connectivity index (χ1v) is 13.3. The van der Waals surface area contributed by atoms with E-state index in [2.05, 4.69) is 27.6 Å². The maximum Gasteiger partial charge on any atom is 0.253 e. The molecule has 0 radical (unpaired) electrons. The molecule has 0 aliphatic heterocycles. The summed E-state index contributed by atoms with van der Waals surface area (Å²) in [7, 11) is -3.75. The number of aromatic nitrogens is 1. The van der Waals surface area contributed by atoms with E-state index in [1.54, 1.807) is 6.07 Å². The van der Waals surface area contributed by atoms with Crippen LogP contribution in [0.3, 0.4) is 0 Å². The highest BCUT2D eigenvalue weighted by molar-refractivity contribution is 14.1. The van der Waals surface area contributed by atoms with Crippen molar-refractivity contribution in [2.45, 2.75) is 23.4 Å². The van der Waals surface area contributed by atoms with Gasteiger partial charge in [0.15, 0.2) is 0 Å². The molecule has 0 fully saturated rings. The van der Waals surface area contributed by atoms with Crippen LogP contribution < -0.4 is 10.0 Å². The van der Waals surface area contributed by atoms with E-state index in [4.69, 9.17) is 15.3 Å². The summed E-state index contributed by atoms with van der Waals surface area (Å²) in [6.07, 6.45) is 0.568. The predicted molar refractivity (Wildman–Crippen MR) is 130 cm³/mol. The molecule has 1 unspecified atom stereocenters. The Morgan fingerprint density at radius 3 is 2.55 bits per heavy atom. The summed E-state index contributed by atoms with van der Waals surface area (Å²) < 4.78 is 45.8. The Bertz CT molecular complexity index is 1260. The van der Waals surface area contributed by atoms with E-state index in [0.29, 0.717) is 20.9 Å². The van der Waals surface area contributed by atoms with Crippen molar-refractivity contribution in [3.05, 3.63) is 47.3 Å². The number of alkyl halides is 1. The van der Waals surface area contributed by atoms with Crippen LogP contribution in [0, 0.1) is 5.82 Å². The van der Waals surface area contributed by atoms with E-state index >= 15 is 0 Å². The molecule has 0 spiro atoms. The first-order chi connectivity index (χ1) is 15.6. The molecule has 33 heavy (non-hydrogen) atoms. The lowest BCUT2D eigenvalue weighted by Crippen LogP contribution is -2.33. The number of primary amides is 1. The number of pyridine rings is 1. The number of benzene rings is 1. The second kappa shape index (κ2) is 10.3. The van der Waals surface area contributed by atoms with Gasteiger partial charge in [0.2, 0.25) is 15.7 Å². The first-order valence-electron chi connectivity index (χ1n) is 9.91. The lowest BCUT2D eigenvalue weighted by molar-refractivity contribution is 0.0872. The summed E-state index contributed by atoms with van der Waals surface area (Å²) in [6, 6.07) is 6.93. The van der Waals surface area contributed by atoms with Crippen LogP contribution in [0.15, 0.2) is 34.7 Å². The Kier molecular flexibility index (Phi) is 7.92. The zero-order valence-electron chi connectivity index (χ0n) is 17.7. The van der Waals surface area contributed by atoms with Crippen molar-refractivity contribution in [1.82, 2.24) is 4.98 Å². The number of carbonyl (C=O) groups excluding carboxylic acids is 1. The molecule has 2 heterocycles. The molecule has 0 saturated heterocycles. The Morgan fingerprint density at radius 2 is 2.00 bits per heavy atom. The molecule has 1 amide bonds. The van der Waals surface area contributed by atoms with Crippen LogP contribution >= 0.6 is 22.6 Å². The number of furan rings is 1. The van der Waals surface area contributed by atoms with Gasteiger partial charge in [0.05, 0.1) is 29.9 Å². The lowest BCUT2D eigenvalue weighted by Gasteiger charge is -2.23. The number of aliphatic hydroxyl groups is 2. The maximum atomic E-state index is 13.4. The molecule has 1 atom stereocenters. The van der Waals surface area contributed by atoms with Crippen molar-refractivity contribution in [3.8, 4) is 11.3 Å². The van der Waals surface area contributed by atoms with Gasteiger partial charge < -0.3 is 20.4 Å². The summed E-state index contributed by atoms with van der Waals surface area (Å²) in [5.74, 6) is -0.981. The number of halogens is 2. The van der Waals surface area contributed by atoms with E-state index in [-0.39, 0.29) is 42.2 Å². The number of rotatable bonds is 10. The molecule has 2 aromatic heterocycles. The molecule has 0 saturated carbocycles. The van der Waals surface area contributed by atoms with Gasteiger partial charge in [0, 0.05) is 22.1 Å². The van der Waals surface area contributed by atoms with Gasteiger partial charge >= 0.3 is 0 Å². The minimum absolute atomic E-state index is 0.00997. The monoisotopic (exact) mass is 591 g/mol. The molecule has 9 nitrogen and oxygen atoms in total. The van der Waals surface area contributed by atoms with Crippen molar-refractivity contribution in [3.63, 3.8) is 0 Å². The van der Waals surface area contributed by atoms with Crippen LogP contribution in [0.25, 0.3) is 22.4 Å². The molecule has 0 aliphatic rings. The summed E-state index contributed by atoms with van der Waals surface area (Å²) in [5, 5.41) is 18.9. The highest BCUT2D eigenvalue weighted by Gasteiger charge is 2.27. The third kappa shape index (κ3) is 5.62. The van der Waals surface area contributed by atoms with Gasteiger partial charge in [0.1, 0.15) is 17.4 Å². The van der Waals surface area contributed by atoms with Crippen LogP contribution in [0.2, 0.25) is 0 Å². The fourth-order valence-corrected chi connectivity index (χ4v) is 4.90. The van der Waals surface area contributed by atoms with Gasteiger partial charge in [0.25, 0.3) is 5.91 Å². The van der Waals surface area contributed by atoms with E-state index in [0.717, 1.165) is 10.6 Å². The second-order valence-corrected chi connectivity index (χ2v) is 10.1. The Labute approximate surface area is 203 Å². The smallest absolute Gasteiger partial charge is 0.253 e. The van der Waals surface area contributed by atoms with Gasteiger partial charge in [-0.05, 0) is 43.2 Å². The molecule has 0 bridgehead atoms. The average Bonchev–Trinajstić information content (AvgIpc) is 3.13. The number of hydrogen-bond acceptors (Lipinski definition) is 7. The standard InChI is InChI=1S/C21H23FIN3O6S/c1-33(30,31)26(8-2-3-15(28)11-27)20-13(10-23)9-16-17(19(24)29)18(32-21(16)25-20)12-4-6-14(22)7-5-12/h4-7,9,15,27-28H,2-3,8,10-11H2,1H3,(H2,24,29). The minimum atomic E-state index is -3.75. The van der Waals surface area contributed by atoms with Crippen LogP contribution in [0.5, 0.6) is 0 Å². The third-order valence-corrected chi connectivity index (χ3v) is 6.96. The number of aliphatic hydroxyl groups excluding tert-OH is 2. The van der Waals surface area contributed by atoms with Crippen molar-refractivity contribution >= 4 is 55.4 Å². The van der Waals surface area contributed by atoms with E-state index in [1.165, 1.54) is 24.3 Å². The quantitative estimate of drug-likeness (QED) is 0.243. The Hall–Kier alpha value is -2.29. The van der Waals surface area contributed by atoms with Crippen LogP contribution in [-0.2, 0) is 14.5 Å². The molecular weight excluding hydrogens is 568 g/mol. The van der Waals surface area contributed by atoms with Crippen LogP contribution in [0.1, 0.15) is 28.8 Å². The number of fused-ring (bicyclic) bond motifs is 1.